The van der Waals surface area contributed by atoms with Gasteiger partial charge in [0, 0.05) is 11.3 Å². The zero-order valence-electron chi connectivity index (χ0n) is 7.53. The van der Waals surface area contributed by atoms with E-state index in [1.54, 1.807) is 0 Å². The molecule has 1 aromatic rings. The molecule has 0 bridgehead atoms. The van der Waals surface area contributed by atoms with E-state index in [1.165, 1.54) is 0 Å². The van der Waals surface area contributed by atoms with Crippen LogP contribution in [0.1, 0.15) is 5.56 Å². The molecule has 1 rings (SSSR count). The van der Waals surface area contributed by atoms with Crippen LogP contribution in [0.3, 0.4) is 0 Å². The van der Waals surface area contributed by atoms with Gasteiger partial charge in [0.1, 0.15) is 0 Å². The molecule has 0 saturated carbocycles. The summed E-state index contributed by atoms with van der Waals surface area (Å²) in [5.41, 5.74) is -1.12. The van der Waals surface area contributed by atoms with Gasteiger partial charge < -0.3 is 4.55 Å². The van der Waals surface area contributed by atoms with Crippen LogP contribution in [0.2, 0.25) is 0 Å². The Morgan fingerprint density at radius 2 is 1.25 bits per heavy atom. The summed E-state index contributed by atoms with van der Waals surface area (Å²) < 4.78 is 83.9. The van der Waals surface area contributed by atoms with E-state index in [0.29, 0.717) is 0 Å². The topological polar surface area (TPSA) is 40.1 Å². The zero-order chi connectivity index (χ0) is 12.5. The van der Waals surface area contributed by atoms with Crippen LogP contribution in [0, 0.1) is 29.1 Å². The van der Waals surface area contributed by atoms with Gasteiger partial charge in [-0.1, -0.05) is 11.1 Å². The van der Waals surface area contributed by atoms with Gasteiger partial charge in [0.2, 0.25) is 5.82 Å². The van der Waals surface area contributed by atoms with Gasteiger partial charge in [0.25, 0.3) is 0 Å². The van der Waals surface area contributed by atoms with Gasteiger partial charge in [0.15, 0.2) is 23.3 Å². The van der Waals surface area contributed by atoms with Gasteiger partial charge in [0.05, 0.1) is 0 Å². The van der Waals surface area contributed by atoms with Crippen LogP contribution in [-0.4, -0.2) is 14.5 Å². The highest BCUT2D eigenvalue weighted by Gasteiger charge is 2.25. The predicted molar refractivity (Wildman–Crippen MR) is 43.7 cm³/mol. The molecule has 0 aliphatic carbocycles. The normalized spacial score (nSPS) is 12.9. The molecule has 0 radical (unpaired) electrons. The van der Waals surface area contributed by atoms with Crippen LogP contribution >= 0.6 is 0 Å². The van der Waals surface area contributed by atoms with Gasteiger partial charge in [-0.05, 0) is 6.42 Å². The molecular weight excluding hydrogens is 255 g/mol. The molecule has 1 atom stereocenters. The third-order valence-electron chi connectivity index (χ3n) is 1.82. The fourth-order valence-corrected chi connectivity index (χ4v) is 1.43. The second kappa shape index (κ2) is 4.88. The molecule has 0 N–H and O–H groups in total. The van der Waals surface area contributed by atoms with Gasteiger partial charge in [-0.3, -0.25) is 4.21 Å². The summed E-state index contributed by atoms with van der Waals surface area (Å²) >= 11 is -2.62. The van der Waals surface area contributed by atoms with Crippen molar-refractivity contribution in [1.82, 2.24) is 0 Å². The third kappa shape index (κ3) is 2.38. The van der Waals surface area contributed by atoms with E-state index in [1.807, 2.05) is 0 Å². The highest BCUT2D eigenvalue weighted by atomic mass is 32.2. The Balaban J connectivity index is 3.23. The molecule has 0 saturated heterocycles. The lowest BCUT2D eigenvalue weighted by atomic mass is 10.1. The monoisotopic (exact) mass is 259 g/mol. The first-order valence-electron chi connectivity index (χ1n) is 3.92. The Bertz CT molecular complexity index is 420. The van der Waals surface area contributed by atoms with Crippen LogP contribution < -0.4 is 0 Å². The number of halogens is 5. The second-order valence-electron chi connectivity index (χ2n) is 2.81. The Morgan fingerprint density at radius 3 is 1.62 bits per heavy atom. The average Bonchev–Trinajstić information content (AvgIpc) is 2.23. The van der Waals surface area contributed by atoms with Crippen LogP contribution in [0.25, 0.3) is 0 Å². The molecule has 2 nitrogen and oxygen atoms in total. The first-order chi connectivity index (χ1) is 7.36. The molecule has 0 amide bonds. The number of rotatable bonds is 3. The number of hydrogen-bond donors (Lipinski definition) is 0. The lowest BCUT2D eigenvalue weighted by Gasteiger charge is -2.09. The lowest BCUT2D eigenvalue weighted by Crippen LogP contribution is -2.10. The molecule has 1 unspecified atom stereocenters. The van der Waals surface area contributed by atoms with E-state index in [4.69, 9.17) is 0 Å². The van der Waals surface area contributed by atoms with Crippen molar-refractivity contribution in [1.29, 1.82) is 0 Å². The summed E-state index contributed by atoms with van der Waals surface area (Å²) in [6, 6.07) is 0. The van der Waals surface area contributed by atoms with Crippen molar-refractivity contribution in [3.63, 3.8) is 0 Å². The Labute approximate surface area is 89.4 Å². The minimum Gasteiger partial charge on any atom is -0.772 e. The molecular formula is C8H4F5O2S-. The summed E-state index contributed by atoms with van der Waals surface area (Å²) in [6.07, 6.45) is -0.776. The Kier molecular flexibility index (Phi) is 3.98. The highest BCUT2D eigenvalue weighted by Crippen LogP contribution is 2.23. The minimum absolute atomic E-state index is 0.724. The molecule has 0 aliphatic heterocycles. The largest absolute Gasteiger partial charge is 0.772 e. The molecule has 0 aliphatic rings. The summed E-state index contributed by atoms with van der Waals surface area (Å²) in [6.45, 7) is 0. The fraction of sp³-hybridized carbons (Fsp3) is 0.250. The molecule has 0 fully saturated rings. The van der Waals surface area contributed by atoms with Crippen LogP contribution in [-0.2, 0) is 17.5 Å². The van der Waals surface area contributed by atoms with E-state index in [2.05, 4.69) is 0 Å². The first-order valence-corrected chi connectivity index (χ1v) is 5.16. The highest BCUT2D eigenvalue weighted by molar-refractivity contribution is 7.79. The quantitative estimate of drug-likeness (QED) is 0.359. The first kappa shape index (κ1) is 13.0. The van der Waals surface area contributed by atoms with Crippen molar-refractivity contribution < 1.29 is 30.7 Å². The average molecular weight is 259 g/mol. The Hall–Kier alpha value is -1.02. The lowest BCUT2D eigenvalue weighted by molar-refractivity contribution is 0.370. The van der Waals surface area contributed by atoms with Crippen molar-refractivity contribution in [2.75, 3.05) is 5.75 Å². The van der Waals surface area contributed by atoms with Crippen molar-refractivity contribution in [2.24, 2.45) is 0 Å². The van der Waals surface area contributed by atoms with Crippen molar-refractivity contribution in [3.8, 4) is 0 Å². The number of hydrogen-bond acceptors (Lipinski definition) is 2. The van der Waals surface area contributed by atoms with Crippen LogP contribution in [0.5, 0.6) is 0 Å². The van der Waals surface area contributed by atoms with Gasteiger partial charge >= 0.3 is 0 Å². The minimum atomic E-state index is -2.62. The smallest absolute Gasteiger partial charge is 0.200 e. The van der Waals surface area contributed by atoms with E-state index >= 15 is 0 Å². The van der Waals surface area contributed by atoms with E-state index < -0.39 is 57.9 Å². The molecule has 90 valence electrons. The van der Waals surface area contributed by atoms with Crippen molar-refractivity contribution >= 4 is 11.1 Å². The predicted octanol–water partition coefficient (Wildman–Crippen LogP) is 1.80. The van der Waals surface area contributed by atoms with Gasteiger partial charge in [-0.25, -0.2) is 22.0 Å². The van der Waals surface area contributed by atoms with Crippen LogP contribution in [0.15, 0.2) is 0 Å². The molecule has 0 spiro atoms. The fourth-order valence-electron chi connectivity index (χ4n) is 1.06. The molecule has 8 heteroatoms. The summed E-state index contributed by atoms with van der Waals surface area (Å²) in [4.78, 5) is 0. The van der Waals surface area contributed by atoms with Crippen molar-refractivity contribution in [2.45, 2.75) is 6.42 Å². The third-order valence-corrected chi connectivity index (χ3v) is 2.36. The zero-order valence-corrected chi connectivity index (χ0v) is 8.35. The maximum atomic E-state index is 12.9. The molecule has 1 aromatic carbocycles. The molecule has 16 heavy (non-hydrogen) atoms. The van der Waals surface area contributed by atoms with Gasteiger partial charge in [-0.15, -0.1) is 0 Å². The Morgan fingerprint density at radius 1 is 0.875 bits per heavy atom. The van der Waals surface area contributed by atoms with E-state index in [0.717, 1.165) is 0 Å². The molecule has 0 aromatic heterocycles. The maximum absolute atomic E-state index is 12.9. The van der Waals surface area contributed by atoms with E-state index in [9.17, 15) is 30.7 Å². The van der Waals surface area contributed by atoms with Gasteiger partial charge in [-0.2, -0.15) is 0 Å². The maximum Gasteiger partial charge on any atom is 0.200 e. The van der Waals surface area contributed by atoms with E-state index in [-0.39, 0.29) is 0 Å². The van der Waals surface area contributed by atoms with Crippen molar-refractivity contribution in [3.05, 3.63) is 34.6 Å². The second-order valence-corrected chi connectivity index (χ2v) is 3.82. The standard InChI is InChI=1S/C8H5F5O2S/c9-4-3(1-2-16(14)15)5(10)7(12)8(13)6(4)11/h1-2H2,(H,14,15)/p-1. The summed E-state index contributed by atoms with van der Waals surface area (Å²) in [7, 11) is 0. The SMILES string of the molecule is O=S([O-])CCc1c(F)c(F)c(F)c(F)c1F. The van der Waals surface area contributed by atoms with Crippen LogP contribution in [0.4, 0.5) is 22.0 Å². The molecule has 0 heterocycles. The number of benzene rings is 1. The summed E-state index contributed by atoms with van der Waals surface area (Å²) in [5, 5.41) is 0. The summed E-state index contributed by atoms with van der Waals surface area (Å²) in [5.74, 6) is -11.1.